The van der Waals surface area contributed by atoms with E-state index in [1.807, 2.05) is 37.4 Å². The Hall–Kier alpha value is -1.26. The van der Waals surface area contributed by atoms with E-state index in [0.29, 0.717) is 5.25 Å². The lowest BCUT2D eigenvalue weighted by Gasteiger charge is -2.19. The monoisotopic (exact) mass is 261 g/mol. The zero-order valence-corrected chi connectivity index (χ0v) is 11.0. The van der Waals surface area contributed by atoms with Gasteiger partial charge in [-0.05, 0) is 6.42 Å². The second kappa shape index (κ2) is 4.78. The number of rotatable bonds is 2. The second-order valence-electron chi connectivity index (χ2n) is 4.53. The summed E-state index contributed by atoms with van der Waals surface area (Å²) in [6, 6.07) is 9.37. The molecule has 3 rings (SSSR count). The Morgan fingerprint density at radius 3 is 2.94 bits per heavy atom. The molecule has 0 aromatic heterocycles. The van der Waals surface area contributed by atoms with Gasteiger partial charge < -0.3 is 9.64 Å². The van der Waals surface area contributed by atoms with Crippen molar-refractivity contribution in [3.63, 3.8) is 0 Å². The first-order valence-electron chi connectivity index (χ1n) is 6.08. The van der Waals surface area contributed by atoms with Gasteiger partial charge in [-0.15, -0.1) is 11.8 Å². The van der Waals surface area contributed by atoms with Crippen LogP contribution in [0.4, 0.5) is 0 Å². The Morgan fingerprint density at radius 1 is 1.44 bits per heavy atom. The Kier molecular flexibility index (Phi) is 3.14. The maximum atomic E-state index is 12.1. The predicted octanol–water partition coefficient (Wildman–Crippen LogP) is 2.50. The number of carbonyl (C=O) groups excluding carboxylic acids is 1. The van der Waals surface area contributed by atoms with Gasteiger partial charge in [0.15, 0.2) is 5.78 Å². The van der Waals surface area contributed by atoms with E-state index in [1.54, 1.807) is 17.8 Å². The number of nitrogens with zero attached hydrogens (tertiary/aromatic N) is 1. The summed E-state index contributed by atoms with van der Waals surface area (Å²) >= 11 is 1.75. The van der Waals surface area contributed by atoms with E-state index < -0.39 is 0 Å². The highest BCUT2D eigenvalue weighted by atomic mass is 32.2. The van der Waals surface area contributed by atoms with Gasteiger partial charge in [0.05, 0.1) is 16.9 Å². The number of ether oxygens (including phenoxy) is 1. The SMILES string of the molecule is CN1/C(=C/C(=O)c2ccccc2)SC2CCOC21. The number of hydrogen-bond acceptors (Lipinski definition) is 4. The van der Waals surface area contributed by atoms with E-state index in [-0.39, 0.29) is 12.0 Å². The average molecular weight is 261 g/mol. The summed E-state index contributed by atoms with van der Waals surface area (Å²) in [7, 11) is 1.99. The lowest BCUT2D eigenvalue weighted by atomic mass is 10.1. The fourth-order valence-corrected chi connectivity index (χ4v) is 3.68. The molecule has 18 heavy (non-hydrogen) atoms. The number of ketones is 1. The molecule has 0 N–H and O–H groups in total. The highest BCUT2D eigenvalue weighted by molar-refractivity contribution is 8.03. The summed E-state index contributed by atoms with van der Waals surface area (Å²) in [6.45, 7) is 0.826. The third kappa shape index (κ3) is 2.06. The van der Waals surface area contributed by atoms with Gasteiger partial charge in [-0.1, -0.05) is 30.3 Å². The number of hydrogen-bond donors (Lipinski definition) is 0. The molecule has 2 aliphatic rings. The van der Waals surface area contributed by atoms with Gasteiger partial charge in [0.2, 0.25) is 0 Å². The molecule has 0 aliphatic carbocycles. The van der Waals surface area contributed by atoms with Crippen LogP contribution >= 0.6 is 11.8 Å². The summed E-state index contributed by atoms with van der Waals surface area (Å²) in [6.07, 6.45) is 2.93. The Bertz CT molecular complexity index is 486. The van der Waals surface area contributed by atoms with E-state index in [1.165, 1.54) is 0 Å². The number of benzene rings is 1. The summed E-state index contributed by atoms with van der Waals surface area (Å²) < 4.78 is 5.66. The third-order valence-electron chi connectivity index (χ3n) is 3.32. The zero-order valence-electron chi connectivity index (χ0n) is 10.2. The van der Waals surface area contributed by atoms with Crippen LogP contribution in [0.25, 0.3) is 0 Å². The molecular formula is C14H15NO2S. The standard InChI is InChI=1S/C14H15NO2S/c1-15-13(18-12-7-8-17-14(12)15)9-11(16)10-5-3-2-4-6-10/h2-6,9,12,14H,7-8H2,1H3/b13-9-. The van der Waals surface area contributed by atoms with Crippen molar-refractivity contribution in [1.29, 1.82) is 0 Å². The lowest BCUT2D eigenvalue weighted by molar-refractivity contribution is 0.0270. The molecule has 0 radical (unpaired) electrons. The van der Waals surface area contributed by atoms with Crippen LogP contribution in [0.5, 0.6) is 0 Å². The minimum absolute atomic E-state index is 0.0601. The Balaban J connectivity index is 1.79. The van der Waals surface area contributed by atoms with Crippen LogP contribution in [0.1, 0.15) is 16.8 Å². The molecule has 2 aliphatic heterocycles. The van der Waals surface area contributed by atoms with Crippen LogP contribution < -0.4 is 0 Å². The molecule has 0 saturated carbocycles. The molecule has 94 valence electrons. The van der Waals surface area contributed by atoms with Crippen molar-refractivity contribution in [1.82, 2.24) is 4.90 Å². The van der Waals surface area contributed by atoms with Crippen molar-refractivity contribution in [2.45, 2.75) is 17.9 Å². The average Bonchev–Trinajstić information content (AvgIpc) is 2.95. The molecular weight excluding hydrogens is 246 g/mol. The van der Waals surface area contributed by atoms with Crippen LogP contribution in [-0.4, -0.2) is 35.8 Å². The summed E-state index contributed by atoms with van der Waals surface area (Å²) in [5.74, 6) is 0.0601. The van der Waals surface area contributed by atoms with Crippen molar-refractivity contribution >= 4 is 17.5 Å². The normalized spacial score (nSPS) is 28.7. The van der Waals surface area contributed by atoms with Crippen LogP contribution in [0.2, 0.25) is 0 Å². The van der Waals surface area contributed by atoms with E-state index >= 15 is 0 Å². The van der Waals surface area contributed by atoms with Gasteiger partial charge in [0.1, 0.15) is 6.23 Å². The van der Waals surface area contributed by atoms with Gasteiger partial charge in [-0.2, -0.15) is 0 Å². The number of carbonyl (C=O) groups is 1. The molecule has 4 heteroatoms. The smallest absolute Gasteiger partial charge is 0.188 e. The second-order valence-corrected chi connectivity index (χ2v) is 5.79. The first-order chi connectivity index (χ1) is 8.75. The van der Waals surface area contributed by atoms with Gasteiger partial charge in [-0.3, -0.25) is 4.79 Å². The minimum Gasteiger partial charge on any atom is -0.357 e. The molecule has 2 saturated heterocycles. The zero-order chi connectivity index (χ0) is 12.5. The quantitative estimate of drug-likeness (QED) is 0.604. The van der Waals surface area contributed by atoms with Gasteiger partial charge in [0, 0.05) is 18.7 Å². The first-order valence-corrected chi connectivity index (χ1v) is 6.96. The van der Waals surface area contributed by atoms with Crippen LogP contribution in [0, 0.1) is 0 Å². The molecule has 0 amide bonds. The summed E-state index contributed by atoms with van der Waals surface area (Å²) in [5, 5.41) is 1.49. The van der Waals surface area contributed by atoms with Crippen molar-refractivity contribution in [2.24, 2.45) is 0 Å². The fourth-order valence-electron chi connectivity index (χ4n) is 2.33. The summed E-state index contributed by atoms with van der Waals surface area (Å²) in [4.78, 5) is 14.2. The topological polar surface area (TPSA) is 29.5 Å². The highest BCUT2D eigenvalue weighted by Gasteiger charge is 2.40. The van der Waals surface area contributed by atoms with Crippen LogP contribution in [-0.2, 0) is 4.74 Å². The maximum absolute atomic E-state index is 12.1. The predicted molar refractivity (Wildman–Crippen MR) is 72.4 cm³/mol. The minimum atomic E-state index is 0.0601. The highest BCUT2D eigenvalue weighted by Crippen LogP contribution is 2.43. The largest absolute Gasteiger partial charge is 0.357 e. The van der Waals surface area contributed by atoms with Gasteiger partial charge in [-0.25, -0.2) is 0 Å². The maximum Gasteiger partial charge on any atom is 0.188 e. The van der Waals surface area contributed by atoms with E-state index in [0.717, 1.165) is 23.6 Å². The van der Waals surface area contributed by atoms with Crippen molar-refractivity contribution in [3.8, 4) is 0 Å². The Morgan fingerprint density at radius 2 is 2.22 bits per heavy atom. The van der Waals surface area contributed by atoms with Crippen molar-refractivity contribution in [2.75, 3.05) is 13.7 Å². The van der Waals surface area contributed by atoms with Crippen LogP contribution in [0.15, 0.2) is 41.4 Å². The molecule has 1 aromatic carbocycles. The summed E-state index contributed by atoms with van der Waals surface area (Å²) in [5.41, 5.74) is 0.733. The van der Waals surface area contributed by atoms with E-state index in [2.05, 4.69) is 4.90 Å². The molecule has 0 spiro atoms. The van der Waals surface area contributed by atoms with Crippen molar-refractivity contribution < 1.29 is 9.53 Å². The van der Waals surface area contributed by atoms with E-state index in [4.69, 9.17) is 4.74 Å². The molecule has 1 aromatic rings. The number of thioether (sulfide) groups is 1. The van der Waals surface area contributed by atoms with E-state index in [9.17, 15) is 4.79 Å². The Labute approximate surface area is 111 Å². The molecule has 3 nitrogen and oxygen atoms in total. The van der Waals surface area contributed by atoms with Crippen molar-refractivity contribution in [3.05, 3.63) is 47.0 Å². The molecule has 0 bridgehead atoms. The number of fused-ring (bicyclic) bond motifs is 1. The van der Waals surface area contributed by atoms with Gasteiger partial charge >= 0.3 is 0 Å². The molecule has 2 unspecified atom stereocenters. The van der Waals surface area contributed by atoms with Gasteiger partial charge in [0.25, 0.3) is 0 Å². The molecule has 2 fully saturated rings. The van der Waals surface area contributed by atoms with Crippen LogP contribution in [0.3, 0.4) is 0 Å². The molecule has 2 heterocycles. The fraction of sp³-hybridized carbons (Fsp3) is 0.357. The lowest BCUT2D eigenvalue weighted by Crippen LogP contribution is -2.28. The third-order valence-corrected chi connectivity index (χ3v) is 4.74. The molecule has 2 atom stereocenters. The first kappa shape index (κ1) is 11.8. The number of allylic oxidation sites excluding steroid dienone is 1.